The van der Waals surface area contributed by atoms with Crippen molar-refractivity contribution in [3.05, 3.63) is 29.7 Å². The molecule has 1 saturated heterocycles. The lowest BCUT2D eigenvalue weighted by atomic mass is 10.2. The minimum Gasteiger partial charge on any atom is -0.495 e. The number of carbonyl (C=O) groups is 1. The number of aromatic amines is 1. The molecule has 1 aliphatic rings. The van der Waals surface area contributed by atoms with Gasteiger partial charge in [-0.3, -0.25) is 10.1 Å². The van der Waals surface area contributed by atoms with E-state index in [1.54, 1.807) is 25.6 Å². The molecule has 0 radical (unpaired) electrons. The molecule has 19 heavy (non-hydrogen) atoms. The molecule has 2 aromatic heterocycles. The van der Waals surface area contributed by atoms with Gasteiger partial charge in [-0.2, -0.15) is 0 Å². The van der Waals surface area contributed by atoms with Gasteiger partial charge in [0.25, 0.3) is 5.91 Å². The largest absolute Gasteiger partial charge is 0.495 e. The number of aromatic nitrogens is 2. The molecular weight excluding hydrogens is 264 g/mol. The van der Waals surface area contributed by atoms with Gasteiger partial charge >= 0.3 is 0 Å². The quantitative estimate of drug-likeness (QED) is 0.560. The Hall–Kier alpha value is -2.41. The van der Waals surface area contributed by atoms with E-state index in [0.717, 1.165) is 16.6 Å². The Morgan fingerprint density at radius 2 is 2.26 bits per heavy atom. The van der Waals surface area contributed by atoms with E-state index in [1.165, 1.54) is 0 Å². The van der Waals surface area contributed by atoms with E-state index in [9.17, 15) is 4.79 Å². The van der Waals surface area contributed by atoms with Crippen molar-refractivity contribution >= 4 is 40.3 Å². The molecule has 0 bridgehead atoms. The van der Waals surface area contributed by atoms with E-state index >= 15 is 0 Å². The van der Waals surface area contributed by atoms with E-state index in [0.29, 0.717) is 16.6 Å². The Kier molecular flexibility index (Phi) is 2.68. The van der Waals surface area contributed by atoms with E-state index in [1.807, 2.05) is 6.07 Å². The van der Waals surface area contributed by atoms with Gasteiger partial charge in [0.2, 0.25) is 0 Å². The van der Waals surface area contributed by atoms with Gasteiger partial charge < -0.3 is 15.0 Å². The molecule has 3 rings (SSSR count). The van der Waals surface area contributed by atoms with Crippen molar-refractivity contribution in [1.82, 2.24) is 20.6 Å². The zero-order valence-electron chi connectivity index (χ0n) is 9.98. The topological polar surface area (TPSA) is 79.0 Å². The molecule has 2 aromatic rings. The maximum atomic E-state index is 11.6. The van der Waals surface area contributed by atoms with Gasteiger partial charge in [0.15, 0.2) is 5.11 Å². The summed E-state index contributed by atoms with van der Waals surface area (Å²) in [6.07, 6.45) is 5.13. The fourth-order valence-electron chi connectivity index (χ4n) is 1.87. The van der Waals surface area contributed by atoms with Crippen LogP contribution in [0, 0.1) is 0 Å². The number of H-pyrrole nitrogens is 1. The van der Waals surface area contributed by atoms with Crippen molar-refractivity contribution in [2.24, 2.45) is 0 Å². The first-order valence-electron chi connectivity index (χ1n) is 5.52. The maximum Gasteiger partial charge on any atom is 0.273 e. The van der Waals surface area contributed by atoms with E-state index in [4.69, 9.17) is 17.0 Å². The lowest BCUT2D eigenvalue weighted by Gasteiger charge is -1.99. The van der Waals surface area contributed by atoms with Crippen LogP contribution in [0.1, 0.15) is 5.56 Å². The van der Waals surface area contributed by atoms with Gasteiger partial charge in [0, 0.05) is 17.1 Å². The molecule has 1 fully saturated rings. The lowest BCUT2D eigenvalue weighted by molar-refractivity contribution is -0.115. The molecular formula is C12H10N4O2S. The number of fused-ring (bicyclic) bond motifs is 1. The van der Waals surface area contributed by atoms with Gasteiger partial charge in [-0.1, -0.05) is 0 Å². The second-order valence-corrected chi connectivity index (χ2v) is 4.39. The zero-order chi connectivity index (χ0) is 13.4. The first-order chi connectivity index (χ1) is 9.17. The summed E-state index contributed by atoms with van der Waals surface area (Å²) in [6.45, 7) is 0. The van der Waals surface area contributed by atoms with Crippen molar-refractivity contribution in [2.45, 2.75) is 0 Å². The highest BCUT2D eigenvalue weighted by molar-refractivity contribution is 7.80. The SMILES string of the molecule is COc1cnc2[nH]cc(C=C3NC(=S)NC3=O)c2c1. The predicted octanol–water partition coefficient (Wildman–Crippen LogP) is 0.917. The monoisotopic (exact) mass is 274 g/mol. The van der Waals surface area contributed by atoms with Crippen LogP contribution in [-0.2, 0) is 4.79 Å². The summed E-state index contributed by atoms with van der Waals surface area (Å²) in [7, 11) is 1.58. The number of rotatable bonds is 2. The molecule has 6 nitrogen and oxygen atoms in total. The first-order valence-corrected chi connectivity index (χ1v) is 5.93. The van der Waals surface area contributed by atoms with Crippen LogP contribution in [0.2, 0.25) is 0 Å². The third kappa shape index (κ3) is 2.04. The number of pyridine rings is 1. The Morgan fingerprint density at radius 1 is 1.42 bits per heavy atom. The van der Waals surface area contributed by atoms with Gasteiger partial charge in [0.05, 0.1) is 13.3 Å². The van der Waals surface area contributed by atoms with Crippen molar-refractivity contribution in [3.63, 3.8) is 0 Å². The second-order valence-electron chi connectivity index (χ2n) is 3.98. The molecule has 0 spiro atoms. The fraction of sp³-hybridized carbons (Fsp3) is 0.0833. The van der Waals surface area contributed by atoms with Crippen molar-refractivity contribution < 1.29 is 9.53 Å². The highest BCUT2D eigenvalue weighted by atomic mass is 32.1. The van der Waals surface area contributed by atoms with Gasteiger partial charge in [-0.05, 0) is 24.4 Å². The van der Waals surface area contributed by atoms with Gasteiger partial charge in [-0.15, -0.1) is 0 Å². The molecule has 7 heteroatoms. The van der Waals surface area contributed by atoms with Crippen LogP contribution in [0.25, 0.3) is 17.1 Å². The Labute approximate surface area is 113 Å². The molecule has 96 valence electrons. The molecule has 0 unspecified atom stereocenters. The normalized spacial score (nSPS) is 16.8. The molecule has 0 aromatic carbocycles. The van der Waals surface area contributed by atoms with Crippen molar-refractivity contribution in [3.8, 4) is 5.75 Å². The molecule has 3 heterocycles. The third-order valence-electron chi connectivity index (χ3n) is 2.79. The molecule has 0 atom stereocenters. The highest BCUT2D eigenvalue weighted by Gasteiger charge is 2.20. The zero-order valence-corrected chi connectivity index (χ0v) is 10.8. The highest BCUT2D eigenvalue weighted by Crippen LogP contribution is 2.23. The van der Waals surface area contributed by atoms with Crippen LogP contribution in [-0.4, -0.2) is 28.1 Å². The Morgan fingerprint density at radius 3 is 2.95 bits per heavy atom. The minimum atomic E-state index is -0.241. The summed E-state index contributed by atoms with van der Waals surface area (Å²) >= 11 is 4.88. The number of nitrogens with one attached hydrogen (secondary N) is 3. The summed E-state index contributed by atoms with van der Waals surface area (Å²) in [5, 5.41) is 6.50. The molecule has 3 N–H and O–H groups in total. The van der Waals surface area contributed by atoms with Crippen LogP contribution in [0.3, 0.4) is 0 Å². The van der Waals surface area contributed by atoms with E-state index in [-0.39, 0.29) is 5.91 Å². The van der Waals surface area contributed by atoms with Crippen LogP contribution in [0.4, 0.5) is 0 Å². The first kappa shape index (κ1) is 11.7. The van der Waals surface area contributed by atoms with E-state index < -0.39 is 0 Å². The number of amides is 1. The van der Waals surface area contributed by atoms with Crippen LogP contribution >= 0.6 is 12.2 Å². The van der Waals surface area contributed by atoms with E-state index in [2.05, 4.69) is 20.6 Å². The number of nitrogens with zero attached hydrogens (tertiary/aromatic N) is 1. The van der Waals surface area contributed by atoms with Gasteiger partial charge in [-0.25, -0.2) is 4.98 Å². The number of ether oxygens (including phenoxy) is 1. The van der Waals surface area contributed by atoms with Crippen molar-refractivity contribution in [1.29, 1.82) is 0 Å². The second kappa shape index (κ2) is 4.36. The standard InChI is InChI=1S/C12H10N4O2S/c1-18-7-3-8-6(4-13-10(8)14-5-7)2-9-11(17)16-12(19)15-9/h2-5H,1H3,(H,13,14)(H2,15,16,17,19). The summed E-state index contributed by atoms with van der Waals surface area (Å²) in [6, 6.07) is 1.86. The number of methoxy groups -OCH3 is 1. The smallest absolute Gasteiger partial charge is 0.273 e. The van der Waals surface area contributed by atoms with Crippen LogP contribution < -0.4 is 15.4 Å². The third-order valence-corrected chi connectivity index (χ3v) is 3.00. The predicted molar refractivity (Wildman–Crippen MR) is 74.5 cm³/mol. The number of hydrogen-bond donors (Lipinski definition) is 3. The maximum absolute atomic E-state index is 11.6. The van der Waals surface area contributed by atoms with Gasteiger partial charge in [0.1, 0.15) is 17.1 Å². The molecule has 1 aliphatic heterocycles. The Bertz CT molecular complexity index is 720. The van der Waals surface area contributed by atoms with Crippen molar-refractivity contribution in [2.75, 3.05) is 7.11 Å². The van der Waals surface area contributed by atoms with Crippen LogP contribution in [0.15, 0.2) is 24.2 Å². The number of thiocarbonyl (C=S) groups is 1. The molecule has 0 aliphatic carbocycles. The number of hydrogen-bond acceptors (Lipinski definition) is 4. The average Bonchev–Trinajstić information content (AvgIpc) is 2.93. The summed E-state index contributed by atoms with van der Waals surface area (Å²) < 4.78 is 5.14. The Balaban J connectivity index is 2.08. The number of carbonyl (C=O) groups excluding carboxylic acids is 1. The molecule has 1 amide bonds. The lowest BCUT2D eigenvalue weighted by Crippen LogP contribution is -2.21. The van der Waals surface area contributed by atoms with Crippen LogP contribution in [0.5, 0.6) is 5.75 Å². The molecule has 0 saturated carbocycles. The summed E-state index contributed by atoms with van der Waals surface area (Å²) in [5.41, 5.74) is 1.98. The average molecular weight is 274 g/mol. The summed E-state index contributed by atoms with van der Waals surface area (Å²) in [5.74, 6) is 0.418. The summed E-state index contributed by atoms with van der Waals surface area (Å²) in [4.78, 5) is 18.9. The fourth-order valence-corrected chi connectivity index (χ4v) is 2.08. The minimum absolute atomic E-state index is 0.241.